The first-order valence-corrected chi connectivity index (χ1v) is 4.58. The predicted octanol–water partition coefficient (Wildman–Crippen LogP) is 1.53. The smallest absolute Gasteiger partial charge is 0.352 e. The standard InChI is InChI=1S/C11H9F2NO3/c1-6(15)14-10(11(16)17)4-7-2-3-8(12)5-9(7)13/h2-5H,1H3,(H,14,15)(H,16,17)/b10-4-. The van der Waals surface area contributed by atoms with Crippen LogP contribution in [0.1, 0.15) is 12.5 Å². The van der Waals surface area contributed by atoms with Crippen LogP contribution in [-0.2, 0) is 9.59 Å². The van der Waals surface area contributed by atoms with Gasteiger partial charge in [0, 0.05) is 18.6 Å². The summed E-state index contributed by atoms with van der Waals surface area (Å²) in [7, 11) is 0. The zero-order chi connectivity index (χ0) is 13.0. The Kier molecular flexibility index (Phi) is 3.92. The van der Waals surface area contributed by atoms with Crippen molar-refractivity contribution >= 4 is 18.0 Å². The Bertz CT molecular complexity index is 497. The van der Waals surface area contributed by atoms with Crippen molar-refractivity contribution in [2.45, 2.75) is 6.92 Å². The lowest BCUT2D eigenvalue weighted by molar-refractivity contribution is -0.134. The Labute approximate surface area is 95.6 Å². The van der Waals surface area contributed by atoms with Crippen molar-refractivity contribution in [2.75, 3.05) is 0 Å². The zero-order valence-corrected chi connectivity index (χ0v) is 8.83. The first kappa shape index (κ1) is 12.8. The summed E-state index contributed by atoms with van der Waals surface area (Å²) in [5.74, 6) is -3.68. The summed E-state index contributed by atoms with van der Waals surface area (Å²) in [5, 5.41) is 10.8. The summed E-state index contributed by atoms with van der Waals surface area (Å²) >= 11 is 0. The maximum Gasteiger partial charge on any atom is 0.352 e. The number of carboxylic acids is 1. The van der Waals surface area contributed by atoms with E-state index in [1.807, 2.05) is 5.32 Å². The van der Waals surface area contributed by atoms with E-state index < -0.39 is 29.2 Å². The number of carbonyl (C=O) groups excluding carboxylic acids is 1. The molecule has 0 bridgehead atoms. The second-order valence-corrected chi connectivity index (χ2v) is 3.21. The van der Waals surface area contributed by atoms with E-state index in [0.29, 0.717) is 6.07 Å². The molecule has 0 unspecified atom stereocenters. The van der Waals surface area contributed by atoms with Gasteiger partial charge in [-0.3, -0.25) is 4.79 Å². The maximum atomic E-state index is 13.2. The van der Waals surface area contributed by atoms with Gasteiger partial charge in [0.25, 0.3) is 0 Å². The SMILES string of the molecule is CC(=O)N/C(=C\c1ccc(F)cc1F)C(=O)O. The number of nitrogens with one attached hydrogen (secondary N) is 1. The minimum absolute atomic E-state index is 0.127. The molecule has 0 saturated heterocycles. The van der Waals surface area contributed by atoms with Crippen molar-refractivity contribution in [1.29, 1.82) is 0 Å². The fourth-order valence-corrected chi connectivity index (χ4v) is 1.11. The third-order valence-electron chi connectivity index (χ3n) is 1.80. The molecule has 0 spiro atoms. The Hall–Kier alpha value is -2.24. The fourth-order valence-electron chi connectivity index (χ4n) is 1.11. The molecule has 0 radical (unpaired) electrons. The van der Waals surface area contributed by atoms with Crippen LogP contribution in [0.4, 0.5) is 8.78 Å². The van der Waals surface area contributed by atoms with Crippen LogP contribution in [0, 0.1) is 11.6 Å². The number of carboxylic acid groups (broad SMARTS) is 1. The number of aliphatic carboxylic acids is 1. The molecule has 1 aromatic rings. The molecule has 0 aliphatic rings. The molecule has 0 fully saturated rings. The Morgan fingerprint density at radius 1 is 1.35 bits per heavy atom. The summed E-state index contributed by atoms with van der Waals surface area (Å²) in [6.45, 7) is 1.12. The predicted molar refractivity (Wildman–Crippen MR) is 55.8 cm³/mol. The van der Waals surface area contributed by atoms with Crippen molar-refractivity contribution in [2.24, 2.45) is 0 Å². The average molecular weight is 241 g/mol. The normalized spacial score (nSPS) is 11.1. The quantitative estimate of drug-likeness (QED) is 0.788. The molecule has 4 nitrogen and oxygen atoms in total. The molecular formula is C11H9F2NO3. The molecule has 6 heteroatoms. The molecule has 90 valence electrons. The molecule has 0 aromatic heterocycles. The number of benzene rings is 1. The summed E-state index contributed by atoms with van der Waals surface area (Å²) < 4.78 is 25.8. The van der Waals surface area contributed by atoms with Crippen molar-refractivity contribution in [1.82, 2.24) is 5.32 Å². The van der Waals surface area contributed by atoms with Gasteiger partial charge < -0.3 is 10.4 Å². The van der Waals surface area contributed by atoms with Crippen molar-refractivity contribution < 1.29 is 23.5 Å². The van der Waals surface area contributed by atoms with Gasteiger partial charge in [0.15, 0.2) is 0 Å². The largest absolute Gasteiger partial charge is 0.477 e. The zero-order valence-electron chi connectivity index (χ0n) is 8.83. The van der Waals surface area contributed by atoms with Crippen molar-refractivity contribution in [3.8, 4) is 0 Å². The molecule has 0 aliphatic carbocycles. The summed E-state index contributed by atoms with van der Waals surface area (Å²) in [6.07, 6.45) is 0.915. The van der Waals surface area contributed by atoms with Crippen LogP contribution in [0.25, 0.3) is 6.08 Å². The van der Waals surface area contributed by atoms with Crippen LogP contribution in [0.15, 0.2) is 23.9 Å². The second kappa shape index (κ2) is 5.20. The molecule has 0 aliphatic heterocycles. The molecule has 1 rings (SSSR count). The van der Waals surface area contributed by atoms with Gasteiger partial charge in [0.1, 0.15) is 17.3 Å². The van der Waals surface area contributed by atoms with Crippen molar-refractivity contribution in [3.05, 3.63) is 41.1 Å². The van der Waals surface area contributed by atoms with Gasteiger partial charge in [-0.1, -0.05) is 0 Å². The van der Waals surface area contributed by atoms with E-state index in [0.717, 1.165) is 25.1 Å². The molecule has 1 amide bonds. The van der Waals surface area contributed by atoms with Gasteiger partial charge in [-0.15, -0.1) is 0 Å². The highest BCUT2D eigenvalue weighted by Crippen LogP contribution is 2.12. The van der Waals surface area contributed by atoms with Crippen molar-refractivity contribution in [3.63, 3.8) is 0 Å². The molecule has 2 N–H and O–H groups in total. The molecular weight excluding hydrogens is 232 g/mol. The van der Waals surface area contributed by atoms with Gasteiger partial charge >= 0.3 is 5.97 Å². The van der Waals surface area contributed by atoms with E-state index >= 15 is 0 Å². The van der Waals surface area contributed by atoms with Crippen LogP contribution in [0.3, 0.4) is 0 Å². The molecule has 0 heterocycles. The minimum atomic E-state index is -1.41. The van der Waals surface area contributed by atoms with Gasteiger partial charge in [-0.25, -0.2) is 13.6 Å². The lowest BCUT2D eigenvalue weighted by atomic mass is 10.1. The molecule has 17 heavy (non-hydrogen) atoms. The van der Waals surface area contributed by atoms with E-state index in [2.05, 4.69) is 0 Å². The van der Waals surface area contributed by atoms with Gasteiger partial charge in [-0.2, -0.15) is 0 Å². The van der Waals surface area contributed by atoms with Crippen LogP contribution in [0.2, 0.25) is 0 Å². The third-order valence-corrected chi connectivity index (χ3v) is 1.80. The minimum Gasteiger partial charge on any atom is -0.477 e. The highest BCUT2D eigenvalue weighted by Gasteiger charge is 2.10. The summed E-state index contributed by atoms with van der Waals surface area (Å²) in [6, 6.07) is 2.69. The number of carbonyl (C=O) groups is 2. The van der Waals surface area contributed by atoms with E-state index in [9.17, 15) is 18.4 Å². The number of hydrogen-bond acceptors (Lipinski definition) is 2. The fraction of sp³-hybridized carbons (Fsp3) is 0.0909. The average Bonchev–Trinajstić information content (AvgIpc) is 2.19. The van der Waals surface area contributed by atoms with Crippen LogP contribution in [0.5, 0.6) is 0 Å². The van der Waals surface area contributed by atoms with E-state index in [-0.39, 0.29) is 5.56 Å². The maximum absolute atomic E-state index is 13.2. The van der Waals surface area contributed by atoms with Crippen LogP contribution < -0.4 is 5.32 Å². The van der Waals surface area contributed by atoms with Gasteiger partial charge in [0.05, 0.1) is 0 Å². The molecule has 0 atom stereocenters. The monoisotopic (exact) mass is 241 g/mol. The Morgan fingerprint density at radius 3 is 2.47 bits per heavy atom. The van der Waals surface area contributed by atoms with Gasteiger partial charge in [-0.05, 0) is 18.2 Å². The number of hydrogen-bond donors (Lipinski definition) is 2. The topological polar surface area (TPSA) is 66.4 Å². The molecule has 0 saturated carbocycles. The van der Waals surface area contributed by atoms with Gasteiger partial charge in [0.2, 0.25) is 5.91 Å². The number of amides is 1. The molecule has 1 aromatic carbocycles. The second-order valence-electron chi connectivity index (χ2n) is 3.21. The number of rotatable bonds is 3. The summed E-state index contributed by atoms with van der Waals surface area (Å²) in [5.41, 5.74) is -0.611. The summed E-state index contributed by atoms with van der Waals surface area (Å²) in [4.78, 5) is 21.5. The van der Waals surface area contributed by atoms with Crippen LogP contribution >= 0.6 is 0 Å². The van der Waals surface area contributed by atoms with E-state index in [1.54, 1.807) is 0 Å². The third kappa shape index (κ3) is 3.67. The van der Waals surface area contributed by atoms with Crippen LogP contribution in [-0.4, -0.2) is 17.0 Å². The lowest BCUT2D eigenvalue weighted by Gasteiger charge is -2.03. The first-order chi connectivity index (χ1) is 7.90. The Balaban J connectivity index is 3.12. The highest BCUT2D eigenvalue weighted by molar-refractivity contribution is 5.96. The first-order valence-electron chi connectivity index (χ1n) is 4.58. The van der Waals surface area contributed by atoms with E-state index in [4.69, 9.17) is 5.11 Å². The highest BCUT2D eigenvalue weighted by atomic mass is 19.1. The lowest BCUT2D eigenvalue weighted by Crippen LogP contribution is -2.24. The van der Waals surface area contributed by atoms with E-state index in [1.165, 1.54) is 0 Å². The Morgan fingerprint density at radius 2 is 2.00 bits per heavy atom. The number of halogens is 2.